The smallest absolute Gasteiger partial charge is 0.291 e. The number of hydrogen-bond acceptors (Lipinski definition) is 7. The van der Waals surface area contributed by atoms with Gasteiger partial charge in [-0.1, -0.05) is 6.92 Å². The average molecular weight is 376 g/mol. The molecule has 2 aromatic rings. The summed E-state index contributed by atoms with van der Waals surface area (Å²) in [6.07, 6.45) is 7.00. The minimum atomic E-state index is -0.769. The van der Waals surface area contributed by atoms with Crippen molar-refractivity contribution in [1.82, 2.24) is 25.1 Å². The lowest BCUT2D eigenvalue weighted by Gasteiger charge is -2.45. The lowest BCUT2D eigenvalue weighted by Crippen LogP contribution is -2.63. The first-order chi connectivity index (χ1) is 12.5. The molecule has 8 nitrogen and oxygen atoms in total. The number of aromatic amines is 1. The summed E-state index contributed by atoms with van der Waals surface area (Å²) in [4.78, 5) is 23.1. The molecule has 0 radical (unpaired) electrons. The van der Waals surface area contributed by atoms with Crippen LogP contribution >= 0.6 is 11.8 Å². The van der Waals surface area contributed by atoms with E-state index in [4.69, 9.17) is 0 Å². The third kappa shape index (κ3) is 3.83. The van der Waals surface area contributed by atoms with Gasteiger partial charge in [-0.3, -0.25) is 9.89 Å². The maximum atomic E-state index is 12.7. The van der Waals surface area contributed by atoms with Crippen molar-refractivity contribution in [2.75, 3.05) is 31.2 Å². The second kappa shape index (κ2) is 7.63. The molecule has 3 N–H and O–H groups in total. The molecule has 0 atom stereocenters. The molecule has 26 heavy (non-hydrogen) atoms. The van der Waals surface area contributed by atoms with Gasteiger partial charge in [-0.15, -0.1) is 11.8 Å². The number of amides is 1. The number of thioether (sulfide) groups is 1. The van der Waals surface area contributed by atoms with Gasteiger partial charge in [-0.2, -0.15) is 5.10 Å². The van der Waals surface area contributed by atoms with Gasteiger partial charge in [0.05, 0.1) is 24.9 Å². The molecule has 0 saturated carbocycles. The third-order valence-corrected chi connectivity index (χ3v) is 5.45. The van der Waals surface area contributed by atoms with Crippen LogP contribution in [0.5, 0.6) is 0 Å². The number of hydrogen-bond donors (Lipinski definition) is 3. The number of anilines is 1. The topological polar surface area (TPSA) is 107 Å². The van der Waals surface area contributed by atoms with Crippen molar-refractivity contribution in [3.63, 3.8) is 0 Å². The zero-order chi connectivity index (χ0) is 18.7. The Balaban J connectivity index is 1.73. The van der Waals surface area contributed by atoms with Crippen molar-refractivity contribution in [1.29, 1.82) is 0 Å². The molecule has 0 aliphatic carbocycles. The number of aliphatic hydroxyl groups is 1. The number of H-pyrrole nitrogens is 1. The zero-order valence-electron chi connectivity index (χ0n) is 15.2. The van der Waals surface area contributed by atoms with Gasteiger partial charge in [0.15, 0.2) is 0 Å². The summed E-state index contributed by atoms with van der Waals surface area (Å²) in [6, 6.07) is 0. The molecule has 1 amide bonds. The minimum Gasteiger partial charge on any atom is -0.386 e. The fourth-order valence-electron chi connectivity index (χ4n) is 2.88. The summed E-state index contributed by atoms with van der Waals surface area (Å²) in [5.74, 6) is 0.600. The minimum absolute atomic E-state index is 0.170. The normalized spacial score (nSPS) is 15.6. The van der Waals surface area contributed by atoms with Crippen LogP contribution in [-0.2, 0) is 6.42 Å². The fourth-order valence-corrected chi connectivity index (χ4v) is 3.46. The van der Waals surface area contributed by atoms with Crippen molar-refractivity contribution >= 4 is 23.5 Å². The molecule has 3 heterocycles. The first-order valence-corrected chi connectivity index (χ1v) is 9.84. The molecule has 1 fully saturated rings. The van der Waals surface area contributed by atoms with Crippen LogP contribution in [0.4, 0.5) is 5.82 Å². The standard InChI is InChI=1S/C17H24N6O2S/c1-4-17(25)9-23(10-17)16(24)14-21-13(11(2)15(22-14)26-3)18-6-5-12-7-19-20-8-12/h7-8,25H,4-6,9-10H2,1-3H3,(H,19,20)(H,18,21,22). The number of carbonyl (C=O) groups excluding carboxylic acids is 1. The molecule has 1 aliphatic rings. The predicted octanol–water partition coefficient (Wildman–Crippen LogP) is 1.48. The Kier molecular flexibility index (Phi) is 5.47. The Hall–Kier alpha value is -2.13. The Morgan fingerprint density at radius 1 is 1.46 bits per heavy atom. The molecule has 0 spiro atoms. The van der Waals surface area contributed by atoms with E-state index in [0.717, 1.165) is 22.6 Å². The third-order valence-electron chi connectivity index (χ3n) is 4.66. The van der Waals surface area contributed by atoms with Crippen molar-refractivity contribution in [2.45, 2.75) is 37.3 Å². The highest BCUT2D eigenvalue weighted by Crippen LogP contribution is 2.27. The van der Waals surface area contributed by atoms with Crippen LogP contribution in [0.1, 0.15) is 35.1 Å². The summed E-state index contributed by atoms with van der Waals surface area (Å²) in [5.41, 5.74) is 1.26. The monoisotopic (exact) mass is 376 g/mol. The molecular weight excluding hydrogens is 352 g/mol. The van der Waals surface area contributed by atoms with Gasteiger partial charge in [0.25, 0.3) is 5.91 Å². The highest BCUT2D eigenvalue weighted by molar-refractivity contribution is 7.98. The van der Waals surface area contributed by atoms with Crippen LogP contribution in [0, 0.1) is 6.92 Å². The first-order valence-electron chi connectivity index (χ1n) is 8.61. The lowest BCUT2D eigenvalue weighted by molar-refractivity contribution is -0.0830. The van der Waals surface area contributed by atoms with E-state index in [2.05, 4.69) is 25.5 Å². The number of nitrogens with zero attached hydrogens (tertiary/aromatic N) is 4. The van der Waals surface area contributed by atoms with Crippen molar-refractivity contribution in [3.05, 3.63) is 29.3 Å². The van der Waals surface area contributed by atoms with Gasteiger partial charge in [0.1, 0.15) is 10.8 Å². The second-order valence-corrected chi connectivity index (χ2v) is 7.35. The molecule has 1 saturated heterocycles. The summed E-state index contributed by atoms with van der Waals surface area (Å²) < 4.78 is 0. The summed E-state index contributed by atoms with van der Waals surface area (Å²) in [7, 11) is 0. The van der Waals surface area contributed by atoms with Crippen LogP contribution in [0.3, 0.4) is 0 Å². The Morgan fingerprint density at radius 3 is 2.85 bits per heavy atom. The van der Waals surface area contributed by atoms with E-state index in [-0.39, 0.29) is 11.7 Å². The molecule has 0 unspecified atom stereocenters. The van der Waals surface area contributed by atoms with Crippen LogP contribution in [-0.4, -0.2) is 67.6 Å². The lowest BCUT2D eigenvalue weighted by atomic mass is 9.91. The van der Waals surface area contributed by atoms with Gasteiger partial charge < -0.3 is 15.3 Å². The van der Waals surface area contributed by atoms with E-state index in [1.54, 1.807) is 11.1 Å². The molecule has 1 aliphatic heterocycles. The molecule has 9 heteroatoms. The van der Waals surface area contributed by atoms with E-state index < -0.39 is 5.60 Å². The average Bonchev–Trinajstić information content (AvgIpc) is 3.13. The van der Waals surface area contributed by atoms with Crippen LogP contribution in [0.15, 0.2) is 17.4 Å². The maximum Gasteiger partial charge on any atom is 0.291 e. The van der Waals surface area contributed by atoms with E-state index in [9.17, 15) is 9.90 Å². The molecule has 0 bridgehead atoms. The largest absolute Gasteiger partial charge is 0.386 e. The molecule has 140 valence electrons. The highest BCUT2D eigenvalue weighted by Gasteiger charge is 2.43. The first kappa shape index (κ1) is 18.7. The van der Waals surface area contributed by atoms with Crippen molar-refractivity contribution in [2.24, 2.45) is 0 Å². The van der Waals surface area contributed by atoms with E-state index in [1.165, 1.54) is 11.8 Å². The highest BCUT2D eigenvalue weighted by atomic mass is 32.2. The SMILES string of the molecule is CCC1(O)CN(C(=O)c2nc(NCCc3cn[nH]c3)c(C)c(SC)n2)C1. The number of β-amino-alcohol motifs (C(OH)–C–C–N with tert-alkyl or cyclic N) is 1. The number of likely N-dealkylation sites (tertiary alicyclic amines) is 1. The van der Waals surface area contributed by atoms with Gasteiger partial charge in [-0.25, -0.2) is 9.97 Å². The number of rotatable bonds is 7. The summed E-state index contributed by atoms with van der Waals surface area (Å²) in [5, 5.41) is 20.9. The van der Waals surface area contributed by atoms with Gasteiger partial charge >= 0.3 is 0 Å². The van der Waals surface area contributed by atoms with Crippen LogP contribution in [0.25, 0.3) is 0 Å². The van der Waals surface area contributed by atoms with Gasteiger partial charge in [-0.05, 0) is 31.6 Å². The number of carbonyl (C=O) groups is 1. The Morgan fingerprint density at radius 2 is 2.23 bits per heavy atom. The Labute approximate surface area is 156 Å². The van der Waals surface area contributed by atoms with E-state index in [0.29, 0.717) is 31.9 Å². The van der Waals surface area contributed by atoms with E-state index in [1.807, 2.05) is 26.3 Å². The number of nitrogens with one attached hydrogen (secondary N) is 2. The zero-order valence-corrected chi connectivity index (χ0v) is 16.1. The molecule has 0 aromatic carbocycles. The van der Waals surface area contributed by atoms with Crippen molar-refractivity contribution in [3.8, 4) is 0 Å². The number of aromatic nitrogens is 4. The molecule has 2 aromatic heterocycles. The summed E-state index contributed by atoms with van der Waals surface area (Å²) >= 11 is 1.49. The van der Waals surface area contributed by atoms with Crippen LogP contribution < -0.4 is 5.32 Å². The van der Waals surface area contributed by atoms with Crippen LogP contribution in [0.2, 0.25) is 0 Å². The fraction of sp³-hybridized carbons (Fsp3) is 0.529. The second-order valence-electron chi connectivity index (χ2n) is 6.55. The molecule has 3 rings (SSSR count). The van der Waals surface area contributed by atoms with Gasteiger partial charge in [0, 0.05) is 18.3 Å². The quantitative estimate of drug-likeness (QED) is 0.496. The van der Waals surface area contributed by atoms with Crippen molar-refractivity contribution < 1.29 is 9.90 Å². The Bertz CT molecular complexity index is 774. The predicted molar refractivity (Wildman–Crippen MR) is 100 cm³/mol. The maximum absolute atomic E-state index is 12.7. The summed E-state index contributed by atoms with van der Waals surface area (Å²) in [6.45, 7) is 5.20. The van der Waals surface area contributed by atoms with E-state index >= 15 is 0 Å². The molecular formula is C17H24N6O2S. The van der Waals surface area contributed by atoms with Gasteiger partial charge in [0.2, 0.25) is 5.82 Å².